The number of hydrogen-bond acceptors (Lipinski definition) is 4. The van der Waals surface area contributed by atoms with E-state index in [2.05, 4.69) is 10.4 Å². The Morgan fingerprint density at radius 1 is 1.33 bits per heavy atom. The van der Waals surface area contributed by atoms with Crippen molar-refractivity contribution in [1.29, 1.82) is 0 Å². The van der Waals surface area contributed by atoms with E-state index in [1.54, 1.807) is 7.05 Å². The van der Waals surface area contributed by atoms with E-state index in [0.717, 1.165) is 0 Å². The Hall–Kier alpha value is -2.58. The number of aryl methyl sites for hydroxylation is 1. The molecule has 9 heteroatoms. The lowest BCUT2D eigenvalue weighted by atomic mass is 10.4. The molecule has 0 aliphatic carbocycles. The quantitative estimate of drug-likeness (QED) is 0.647. The summed E-state index contributed by atoms with van der Waals surface area (Å²) in [6.45, 7) is -1.39. The second-order valence-corrected chi connectivity index (χ2v) is 3.48. The third-order valence-electron chi connectivity index (χ3n) is 1.90. The number of rotatable bonds is 5. The van der Waals surface area contributed by atoms with Gasteiger partial charge in [0.1, 0.15) is 13.1 Å². The summed E-state index contributed by atoms with van der Waals surface area (Å²) in [5, 5.41) is 23.3. The van der Waals surface area contributed by atoms with E-state index >= 15 is 0 Å². The Balaban J connectivity index is 2.69. The fourth-order valence-electron chi connectivity index (χ4n) is 1.21. The van der Waals surface area contributed by atoms with Crippen molar-refractivity contribution in [3.63, 3.8) is 0 Å². The highest BCUT2D eigenvalue weighted by molar-refractivity contribution is 5.93. The summed E-state index contributed by atoms with van der Waals surface area (Å²) in [5.74, 6) is -2.59. The van der Waals surface area contributed by atoms with Crippen molar-refractivity contribution in [3.8, 4) is 0 Å². The minimum absolute atomic E-state index is 0.350. The van der Waals surface area contributed by atoms with Gasteiger partial charge >= 0.3 is 18.0 Å². The van der Waals surface area contributed by atoms with E-state index in [9.17, 15) is 14.4 Å². The number of hydrogen-bond donors (Lipinski definition) is 3. The predicted octanol–water partition coefficient (Wildman–Crippen LogP) is -0.577. The van der Waals surface area contributed by atoms with Gasteiger partial charge in [-0.3, -0.25) is 14.3 Å². The number of aliphatic carboxylic acids is 2. The number of aromatic nitrogens is 2. The Morgan fingerprint density at radius 3 is 2.28 bits per heavy atom. The third-order valence-corrected chi connectivity index (χ3v) is 1.90. The average molecular weight is 256 g/mol. The van der Waals surface area contributed by atoms with Crippen LogP contribution in [0.2, 0.25) is 0 Å². The van der Waals surface area contributed by atoms with Crippen LogP contribution in [0.4, 0.5) is 10.5 Å². The molecule has 18 heavy (non-hydrogen) atoms. The smallest absolute Gasteiger partial charge is 0.323 e. The van der Waals surface area contributed by atoms with Gasteiger partial charge in [0, 0.05) is 13.2 Å². The number of anilines is 1. The molecule has 1 rings (SSSR count). The summed E-state index contributed by atoms with van der Waals surface area (Å²) in [6.07, 6.45) is 2.86. The number of urea groups is 1. The Kier molecular flexibility index (Phi) is 4.24. The second kappa shape index (κ2) is 5.66. The van der Waals surface area contributed by atoms with Crippen molar-refractivity contribution in [1.82, 2.24) is 14.7 Å². The van der Waals surface area contributed by atoms with E-state index in [0.29, 0.717) is 10.6 Å². The highest BCUT2D eigenvalue weighted by Gasteiger charge is 2.19. The van der Waals surface area contributed by atoms with E-state index in [1.165, 1.54) is 17.1 Å². The highest BCUT2D eigenvalue weighted by atomic mass is 16.4. The first kappa shape index (κ1) is 13.5. The maximum Gasteiger partial charge on any atom is 0.323 e. The monoisotopic (exact) mass is 256 g/mol. The van der Waals surface area contributed by atoms with Crippen LogP contribution >= 0.6 is 0 Å². The van der Waals surface area contributed by atoms with Gasteiger partial charge < -0.3 is 20.4 Å². The van der Waals surface area contributed by atoms with Crippen molar-refractivity contribution >= 4 is 23.7 Å². The molecular formula is C9H12N4O5. The minimum Gasteiger partial charge on any atom is -0.480 e. The van der Waals surface area contributed by atoms with Crippen molar-refractivity contribution in [2.75, 3.05) is 18.4 Å². The molecule has 9 nitrogen and oxygen atoms in total. The zero-order valence-electron chi connectivity index (χ0n) is 9.53. The van der Waals surface area contributed by atoms with Gasteiger partial charge in [0.2, 0.25) is 0 Å². The lowest BCUT2D eigenvalue weighted by Crippen LogP contribution is -2.41. The zero-order valence-corrected chi connectivity index (χ0v) is 9.53. The summed E-state index contributed by atoms with van der Waals surface area (Å²) in [5.41, 5.74) is 0.350. The topological polar surface area (TPSA) is 125 Å². The molecule has 0 radical (unpaired) electrons. The molecular weight excluding hydrogens is 244 g/mol. The molecule has 0 spiro atoms. The van der Waals surface area contributed by atoms with Crippen molar-refractivity contribution in [3.05, 3.63) is 12.4 Å². The molecule has 0 saturated carbocycles. The molecule has 0 aromatic carbocycles. The Labute approximate surface area is 102 Å². The fourth-order valence-corrected chi connectivity index (χ4v) is 1.21. The molecule has 0 aliphatic heterocycles. The van der Waals surface area contributed by atoms with Crippen LogP contribution in [0.5, 0.6) is 0 Å². The van der Waals surface area contributed by atoms with Gasteiger partial charge in [0.05, 0.1) is 11.9 Å². The molecule has 98 valence electrons. The molecule has 0 aliphatic rings. The number of carboxylic acids is 2. The molecule has 1 aromatic heterocycles. The van der Waals surface area contributed by atoms with E-state index in [1.807, 2.05) is 0 Å². The molecule has 0 atom stereocenters. The number of carbonyl (C=O) groups is 3. The third kappa shape index (κ3) is 4.12. The van der Waals surface area contributed by atoms with Crippen LogP contribution in [0.1, 0.15) is 0 Å². The molecule has 1 aromatic rings. The second-order valence-electron chi connectivity index (χ2n) is 3.48. The van der Waals surface area contributed by atoms with Gasteiger partial charge in [-0.2, -0.15) is 5.10 Å². The van der Waals surface area contributed by atoms with Gasteiger partial charge in [-0.05, 0) is 0 Å². The van der Waals surface area contributed by atoms with Crippen LogP contribution in [0, 0.1) is 0 Å². The minimum atomic E-state index is -1.29. The van der Waals surface area contributed by atoms with E-state index < -0.39 is 31.1 Å². The van der Waals surface area contributed by atoms with Crippen LogP contribution in [-0.2, 0) is 16.6 Å². The number of nitrogens with one attached hydrogen (secondary N) is 1. The van der Waals surface area contributed by atoms with Crippen LogP contribution in [0.3, 0.4) is 0 Å². The maximum absolute atomic E-state index is 11.6. The Bertz CT molecular complexity index is 453. The van der Waals surface area contributed by atoms with E-state index in [-0.39, 0.29) is 0 Å². The first-order valence-electron chi connectivity index (χ1n) is 4.86. The largest absolute Gasteiger partial charge is 0.480 e. The summed E-state index contributed by atoms with van der Waals surface area (Å²) in [6, 6.07) is -0.812. The summed E-state index contributed by atoms with van der Waals surface area (Å²) < 4.78 is 1.44. The molecule has 0 unspecified atom stereocenters. The predicted molar refractivity (Wildman–Crippen MR) is 59.1 cm³/mol. The average Bonchev–Trinajstić information content (AvgIpc) is 2.61. The van der Waals surface area contributed by atoms with E-state index in [4.69, 9.17) is 10.2 Å². The summed E-state index contributed by atoms with van der Waals surface area (Å²) >= 11 is 0. The van der Waals surface area contributed by atoms with Gasteiger partial charge in [-0.25, -0.2) is 4.79 Å². The molecule has 0 bridgehead atoms. The molecule has 3 N–H and O–H groups in total. The fraction of sp³-hybridized carbons (Fsp3) is 0.333. The first-order valence-corrected chi connectivity index (χ1v) is 4.86. The van der Waals surface area contributed by atoms with Crippen LogP contribution in [-0.4, -0.2) is 56.0 Å². The van der Waals surface area contributed by atoms with Crippen molar-refractivity contribution < 1.29 is 24.6 Å². The standard InChI is InChI=1S/C9H12N4O5/c1-12-3-6(2-10-12)11-9(18)13(4-7(14)15)5-8(16)17/h2-3H,4-5H2,1H3,(H,11,18)(H,14,15)(H,16,17). The molecule has 2 amide bonds. The zero-order chi connectivity index (χ0) is 13.7. The van der Waals surface area contributed by atoms with Gasteiger partial charge in [0.25, 0.3) is 0 Å². The van der Waals surface area contributed by atoms with Crippen molar-refractivity contribution in [2.24, 2.45) is 7.05 Å². The van der Waals surface area contributed by atoms with Crippen LogP contribution in [0.15, 0.2) is 12.4 Å². The van der Waals surface area contributed by atoms with Crippen molar-refractivity contribution in [2.45, 2.75) is 0 Å². The lowest BCUT2D eigenvalue weighted by Gasteiger charge is -2.18. The summed E-state index contributed by atoms with van der Waals surface area (Å²) in [4.78, 5) is 33.4. The normalized spacial score (nSPS) is 9.83. The number of carbonyl (C=O) groups excluding carboxylic acids is 1. The molecule has 1 heterocycles. The van der Waals surface area contributed by atoms with Crippen LogP contribution in [0.25, 0.3) is 0 Å². The first-order chi connectivity index (χ1) is 8.38. The lowest BCUT2D eigenvalue weighted by molar-refractivity contribution is -0.140. The maximum atomic E-state index is 11.6. The molecule has 0 saturated heterocycles. The van der Waals surface area contributed by atoms with Gasteiger partial charge in [0.15, 0.2) is 0 Å². The number of amides is 2. The van der Waals surface area contributed by atoms with Gasteiger partial charge in [-0.1, -0.05) is 0 Å². The number of nitrogens with zero attached hydrogens (tertiary/aromatic N) is 3. The Morgan fingerprint density at radius 2 is 1.89 bits per heavy atom. The molecule has 0 fully saturated rings. The van der Waals surface area contributed by atoms with Crippen LogP contribution < -0.4 is 5.32 Å². The number of carboxylic acid groups (broad SMARTS) is 2. The summed E-state index contributed by atoms with van der Waals surface area (Å²) in [7, 11) is 1.64. The SMILES string of the molecule is Cn1cc(NC(=O)N(CC(=O)O)CC(=O)O)cn1. The van der Waals surface area contributed by atoms with Gasteiger partial charge in [-0.15, -0.1) is 0 Å². The highest BCUT2D eigenvalue weighted by Crippen LogP contribution is 2.05.